The maximum absolute atomic E-state index is 6.23. The Morgan fingerprint density at radius 3 is 3.08 bits per heavy atom. The van der Waals surface area contributed by atoms with E-state index in [0.717, 1.165) is 71.7 Å². The van der Waals surface area contributed by atoms with Gasteiger partial charge in [0.25, 0.3) is 0 Å². The van der Waals surface area contributed by atoms with E-state index in [9.17, 15) is 0 Å². The summed E-state index contributed by atoms with van der Waals surface area (Å²) in [5, 5.41) is 0. The van der Waals surface area contributed by atoms with Gasteiger partial charge in [-0.2, -0.15) is 0 Å². The van der Waals surface area contributed by atoms with Gasteiger partial charge in [-0.15, -0.1) is 11.3 Å². The first-order valence-corrected chi connectivity index (χ1v) is 10.0. The molecule has 24 heavy (non-hydrogen) atoms. The Morgan fingerprint density at radius 2 is 2.29 bits per heavy atom. The molecule has 0 aliphatic carbocycles. The highest BCUT2D eigenvalue weighted by atomic mass is 32.1. The molecule has 0 N–H and O–H groups in total. The summed E-state index contributed by atoms with van der Waals surface area (Å²) in [6.45, 7) is 8.68. The van der Waals surface area contributed by atoms with Crippen LogP contribution in [-0.2, 0) is 20.8 Å². The Kier molecular flexibility index (Phi) is 5.20. The van der Waals surface area contributed by atoms with Gasteiger partial charge in [0, 0.05) is 44.1 Å². The minimum absolute atomic E-state index is 0.0267. The number of aryl methyl sites for hydroxylation is 1. The lowest BCUT2D eigenvalue weighted by Gasteiger charge is -2.24. The molecule has 6 heteroatoms. The average Bonchev–Trinajstić information content (AvgIpc) is 3.30. The molecule has 1 aromatic heterocycles. The fourth-order valence-electron chi connectivity index (χ4n) is 4.12. The SMILES string of the molecule is Cc1ncsc1CN1CC[C@@]2(C[C@@H](OCC3CCOCC3)CO2)C1. The summed E-state index contributed by atoms with van der Waals surface area (Å²) in [6.07, 6.45) is 4.73. The molecule has 4 rings (SSSR count). The van der Waals surface area contributed by atoms with E-state index in [-0.39, 0.29) is 11.7 Å². The minimum atomic E-state index is 0.0267. The van der Waals surface area contributed by atoms with Crippen molar-refractivity contribution in [1.82, 2.24) is 9.88 Å². The Morgan fingerprint density at radius 1 is 1.42 bits per heavy atom. The van der Waals surface area contributed by atoms with Crippen molar-refractivity contribution in [1.29, 1.82) is 0 Å². The zero-order valence-electron chi connectivity index (χ0n) is 14.5. The van der Waals surface area contributed by atoms with Crippen LogP contribution in [0.3, 0.4) is 0 Å². The molecule has 4 heterocycles. The van der Waals surface area contributed by atoms with Crippen molar-refractivity contribution in [2.75, 3.05) is 39.5 Å². The second kappa shape index (κ2) is 7.38. The number of rotatable bonds is 5. The molecule has 3 aliphatic heterocycles. The highest BCUT2D eigenvalue weighted by Gasteiger charge is 2.46. The fraction of sp³-hybridized carbons (Fsp3) is 0.833. The van der Waals surface area contributed by atoms with Gasteiger partial charge in [0.1, 0.15) is 0 Å². The molecule has 0 amide bonds. The molecule has 0 saturated carbocycles. The first-order chi connectivity index (χ1) is 11.7. The lowest BCUT2D eigenvalue weighted by atomic mass is 9.98. The number of hydrogen-bond donors (Lipinski definition) is 0. The summed E-state index contributed by atoms with van der Waals surface area (Å²) < 4.78 is 17.8. The van der Waals surface area contributed by atoms with Crippen LogP contribution in [0.5, 0.6) is 0 Å². The molecule has 0 unspecified atom stereocenters. The Hall–Kier alpha value is -0.530. The maximum atomic E-state index is 6.23. The number of ether oxygens (including phenoxy) is 3. The van der Waals surface area contributed by atoms with Crippen molar-refractivity contribution in [3.8, 4) is 0 Å². The summed E-state index contributed by atoms with van der Waals surface area (Å²) in [5.74, 6) is 0.671. The maximum Gasteiger partial charge on any atom is 0.0847 e. The van der Waals surface area contributed by atoms with E-state index in [4.69, 9.17) is 14.2 Å². The molecule has 5 nitrogen and oxygen atoms in total. The van der Waals surface area contributed by atoms with Crippen LogP contribution in [0.25, 0.3) is 0 Å². The van der Waals surface area contributed by atoms with Crippen LogP contribution in [0.2, 0.25) is 0 Å². The third-order valence-corrected chi connectivity index (χ3v) is 6.61. The first-order valence-electron chi connectivity index (χ1n) is 9.17. The van der Waals surface area contributed by atoms with Gasteiger partial charge < -0.3 is 14.2 Å². The zero-order valence-corrected chi connectivity index (χ0v) is 15.4. The van der Waals surface area contributed by atoms with Gasteiger partial charge in [0.05, 0.1) is 36.1 Å². The largest absolute Gasteiger partial charge is 0.381 e. The Bertz CT molecular complexity index is 546. The third-order valence-electron chi connectivity index (χ3n) is 5.69. The Labute approximate surface area is 148 Å². The number of nitrogens with zero attached hydrogens (tertiary/aromatic N) is 2. The van der Waals surface area contributed by atoms with Gasteiger partial charge >= 0.3 is 0 Å². The van der Waals surface area contributed by atoms with Crippen molar-refractivity contribution < 1.29 is 14.2 Å². The van der Waals surface area contributed by atoms with Crippen LogP contribution < -0.4 is 0 Å². The summed E-state index contributed by atoms with van der Waals surface area (Å²) >= 11 is 1.76. The molecule has 3 aliphatic rings. The summed E-state index contributed by atoms with van der Waals surface area (Å²) in [4.78, 5) is 8.26. The lowest BCUT2D eigenvalue weighted by Crippen LogP contribution is -2.33. The van der Waals surface area contributed by atoms with Gasteiger partial charge in [-0.1, -0.05) is 0 Å². The summed E-state index contributed by atoms with van der Waals surface area (Å²) in [7, 11) is 0. The van der Waals surface area contributed by atoms with Crippen LogP contribution in [-0.4, -0.2) is 61.1 Å². The van der Waals surface area contributed by atoms with Crippen LogP contribution in [0.1, 0.15) is 36.3 Å². The Balaban J connectivity index is 1.24. The summed E-state index contributed by atoms with van der Waals surface area (Å²) in [6, 6.07) is 0. The second-order valence-electron chi connectivity index (χ2n) is 7.53. The quantitative estimate of drug-likeness (QED) is 0.815. The van der Waals surface area contributed by atoms with E-state index < -0.39 is 0 Å². The predicted molar refractivity (Wildman–Crippen MR) is 93.3 cm³/mol. The van der Waals surface area contributed by atoms with E-state index in [1.165, 1.54) is 10.6 Å². The topological polar surface area (TPSA) is 43.8 Å². The molecule has 1 aromatic rings. The van der Waals surface area contributed by atoms with Gasteiger partial charge in [-0.25, -0.2) is 4.98 Å². The molecule has 2 atom stereocenters. The highest BCUT2D eigenvalue weighted by molar-refractivity contribution is 7.09. The minimum Gasteiger partial charge on any atom is -0.381 e. The lowest BCUT2D eigenvalue weighted by molar-refractivity contribution is -0.0188. The molecular formula is C18H28N2O3S. The first kappa shape index (κ1) is 16.9. The fourth-order valence-corrected chi connectivity index (χ4v) is 4.94. The molecule has 0 radical (unpaired) electrons. The molecule has 0 bridgehead atoms. The monoisotopic (exact) mass is 352 g/mol. The van der Waals surface area contributed by atoms with Crippen molar-refractivity contribution in [2.24, 2.45) is 5.92 Å². The van der Waals surface area contributed by atoms with Gasteiger partial charge in [-0.05, 0) is 32.1 Å². The second-order valence-corrected chi connectivity index (χ2v) is 8.47. The molecule has 134 valence electrons. The number of likely N-dealkylation sites (tertiary alicyclic amines) is 1. The molecular weight excluding hydrogens is 324 g/mol. The van der Waals surface area contributed by atoms with E-state index >= 15 is 0 Å². The number of hydrogen-bond acceptors (Lipinski definition) is 6. The van der Waals surface area contributed by atoms with E-state index in [2.05, 4.69) is 16.8 Å². The van der Waals surface area contributed by atoms with Crippen molar-refractivity contribution in [2.45, 2.75) is 50.9 Å². The van der Waals surface area contributed by atoms with Crippen LogP contribution in [0.4, 0.5) is 0 Å². The normalized spacial score (nSPS) is 32.1. The van der Waals surface area contributed by atoms with E-state index in [0.29, 0.717) is 5.92 Å². The van der Waals surface area contributed by atoms with Gasteiger partial charge in [0.15, 0.2) is 0 Å². The van der Waals surface area contributed by atoms with E-state index in [1.807, 2.05) is 5.51 Å². The standard InChI is InChI=1S/C18H28N2O3S/c1-14-17(24-13-19-14)9-20-5-4-18(12-20)8-16(11-23-18)22-10-15-2-6-21-7-3-15/h13,15-16H,2-12H2,1H3/t16-,18-/m1/s1. The molecule has 3 saturated heterocycles. The predicted octanol–water partition coefficient (Wildman–Crippen LogP) is 2.63. The average molecular weight is 353 g/mol. The number of thiazole rings is 1. The molecule has 1 spiro atoms. The third kappa shape index (κ3) is 3.83. The van der Waals surface area contributed by atoms with Gasteiger partial charge in [0.2, 0.25) is 0 Å². The highest BCUT2D eigenvalue weighted by Crippen LogP contribution is 2.37. The van der Waals surface area contributed by atoms with Crippen molar-refractivity contribution >= 4 is 11.3 Å². The zero-order chi connectivity index (χ0) is 16.4. The van der Waals surface area contributed by atoms with Crippen LogP contribution >= 0.6 is 11.3 Å². The number of aromatic nitrogens is 1. The van der Waals surface area contributed by atoms with E-state index in [1.54, 1.807) is 11.3 Å². The van der Waals surface area contributed by atoms with Crippen LogP contribution in [0, 0.1) is 12.8 Å². The van der Waals surface area contributed by atoms with Crippen molar-refractivity contribution in [3.63, 3.8) is 0 Å². The van der Waals surface area contributed by atoms with Crippen LogP contribution in [0.15, 0.2) is 5.51 Å². The van der Waals surface area contributed by atoms with Gasteiger partial charge in [-0.3, -0.25) is 4.90 Å². The molecule has 3 fully saturated rings. The molecule has 0 aromatic carbocycles. The summed E-state index contributed by atoms with van der Waals surface area (Å²) in [5.41, 5.74) is 3.15. The smallest absolute Gasteiger partial charge is 0.0847 e. The van der Waals surface area contributed by atoms with Crippen molar-refractivity contribution in [3.05, 3.63) is 16.1 Å².